The molecule has 0 radical (unpaired) electrons. The smallest absolute Gasteiger partial charge is 0.355 e. The fourth-order valence-electron chi connectivity index (χ4n) is 3.43. The maximum Gasteiger partial charge on any atom is 0.416 e. The molecular formula is C18H26ClF3N2O. The molecule has 1 saturated carbocycles. The van der Waals surface area contributed by atoms with Crippen LogP contribution in [-0.4, -0.2) is 26.0 Å². The Morgan fingerprint density at radius 1 is 1.16 bits per heavy atom. The molecule has 7 heteroatoms. The molecule has 0 saturated heterocycles. The predicted molar refractivity (Wildman–Crippen MR) is 95.0 cm³/mol. The van der Waals surface area contributed by atoms with Crippen molar-refractivity contribution >= 4 is 18.3 Å². The highest BCUT2D eigenvalue weighted by molar-refractivity contribution is 5.88. The Morgan fingerprint density at radius 2 is 1.84 bits per heavy atom. The average molecular weight is 379 g/mol. The minimum atomic E-state index is -4.39. The molecule has 0 spiro atoms. The van der Waals surface area contributed by atoms with E-state index in [1.807, 2.05) is 7.05 Å². The third kappa shape index (κ3) is 5.35. The van der Waals surface area contributed by atoms with Gasteiger partial charge in [0.15, 0.2) is 0 Å². The van der Waals surface area contributed by atoms with E-state index in [4.69, 9.17) is 0 Å². The molecular weight excluding hydrogens is 353 g/mol. The summed E-state index contributed by atoms with van der Waals surface area (Å²) >= 11 is 0. The number of amides is 1. The van der Waals surface area contributed by atoms with Gasteiger partial charge in [0.05, 0.1) is 11.0 Å². The van der Waals surface area contributed by atoms with Crippen molar-refractivity contribution in [1.29, 1.82) is 0 Å². The number of halogens is 4. The zero-order valence-electron chi connectivity index (χ0n) is 14.4. The first-order valence-corrected chi connectivity index (χ1v) is 8.51. The summed E-state index contributed by atoms with van der Waals surface area (Å²) in [6.45, 7) is 1.32. The molecule has 2 rings (SSSR count). The molecule has 3 nitrogen and oxygen atoms in total. The van der Waals surface area contributed by atoms with Crippen LogP contribution in [-0.2, 0) is 16.4 Å². The minimum absolute atomic E-state index is 0. The lowest BCUT2D eigenvalue weighted by Gasteiger charge is -2.36. The number of rotatable bonds is 6. The first-order chi connectivity index (χ1) is 11.4. The van der Waals surface area contributed by atoms with Crippen LogP contribution in [0.5, 0.6) is 0 Å². The molecule has 0 unspecified atom stereocenters. The molecule has 1 aliphatic carbocycles. The van der Waals surface area contributed by atoms with Crippen LogP contribution in [0.15, 0.2) is 24.3 Å². The van der Waals surface area contributed by atoms with Gasteiger partial charge in [-0.3, -0.25) is 4.79 Å². The molecule has 1 fully saturated rings. The van der Waals surface area contributed by atoms with Crippen LogP contribution in [0, 0.1) is 0 Å². The van der Waals surface area contributed by atoms with E-state index in [1.54, 1.807) is 6.07 Å². The quantitative estimate of drug-likeness (QED) is 0.733. The topological polar surface area (TPSA) is 41.1 Å². The van der Waals surface area contributed by atoms with E-state index in [0.29, 0.717) is 24.9 Å². The predicted octanol–water partition coefficient (Wildman–Crippen LogP) is 4.05. The third-order valence-electron chi connectivity index (χ3n) is 4.77. The summed E-state index contributed by atoms with van der Waals surface area (Å²) in [4.78, 5) is 12.8. The van der Waals surface area contributed by atoms with E-state index in [9.17, 15) is 18.0 Å². The molecule has 1 aliphatic rings. The summed E-state index contributed by atoms with van der Waals surface area (Å²) in [5.41, 5.74) is -1.03. The van der Waals surface area contributed by atoms with Gasteiger partial charge in [0.25, 0.3) is 0 Å². The van der Waals surface area contributed by atoms with Gasteiger partial charge in [0.2, 0.25) is 5.91 Å². The molecule has 2 N–H and O–H groups in total. The molecule has 25 heavy (non-hydrogen) atoms. The van der Waals surface area contributed by atoms with E-state index in [2.05, 4.69) is 10.6 Å². The number of alkyl halides is 3. The molecule has 0 atom stereocenters. The van der Waals surface area contributed by atoms with E-state index in [-0.39, 0.29) is 18.3 Å². The van der Waals surface area contributed by atoms with Gasteiger partial charge in [0.1, 0.15) is 0 Å². The summed E-state index contributed by atoms with van der Waals surface area (Å²) in [6.07, 6.45) is 0.350. The number of hydrogen-bond donors (Lipinski definition) is 2. The van der Waals surface area contributed by atoms with Crippen molar-refractivity contribution in [1.82, 2.24) is 10.6 Å². The monoisotopic (exact) mass is 378 g/mol. The number of carbonyl (C=O) groups excluding carboxylic acids is 1. The van der Waals surface area contributed by atoms with Gasteiger partial charge in [0, 0.05) is 6.54 Å². The van der Waals surface area contributed by atoms with E-state index in [0.717, 1.165) is 44.4 Å². The largest absolute Gasteiger partial charge is 0.416 e. The van der Waals surface area contributed by atoms with Gasteiger partial charge in [-0.2, -0.15) is 13.2 Å². The Labute approximate surface area is 153 Å². The SMILES string of the molecule is CNCCCNC(=O)C1(c2cccc(C(F)(F)F)c2)CCCCC1.Cl. The lowest BCUT2D eigenvalue weighted by Crippen LogP contribution is -2.46. The Morgan fingerprint density at radius 3 is 2.44 bits per heavy atom. The first kappa shape index (κ1) is 21.8. The molecule has 0 bridgehead atoms. The maximum absolute atomic E-state index is 13.0. The molecule has 1 aromatic carbocycles. The molecule has 0 aromatic heterocycles. The van der Waals surface area contributed by atoms with E-state index in [1.165, 1.54) is 6.07 Å². The lowest BCUT2D eigenvalue weighted by atomic mass is 9.68. The fraction of sp³-hybridized carbons (Fsp3) is 0.611. The fourth-order valence-corrected chi connectivity index (χ4v) is 3.43. The minimum Gasteiger partial charge on any atom is -0.355 e. The molecule has 0 heterocycles. The van der Waals surface area contributed by atoms with Crippen LogP contribution >= 0.6 is 12.4 Å². The number of hydrogen-bond acceptors (Lipinski definition) is 2. The van der Waals surface area contributed by atoms with Crippen LogP contribution < -0.4 is 10.6 Å². The zero-order chi connectivity index (χ0) is 17.6. The van der Waals surface area contributed by atoms with Gasteiger partial charge >= 0.3 is 6.18 Å². The number of nitrogens with one attached hydrogen (secondary N) is 2. The summed E-state index contributed by atoms with van der Waals surface area (Å²) in [5.74, 6) is -0.141. The van der Waals surface area contributed by atoms with Crippen LogP contribution in [0.3, 0.4) is 0 Å². The summed E-state index contributed by atoms with van der Waals surface area (Å²) in [7, 11) is 1.84. The lowest BCUT2D eigenvalue weighted by molar-refractivity contribution is -0.138. The Balaban J connectivity index is 0.00000312. The first-order valence-electron chi connectivity index (χ1n) is 8.51. The normalized spacial score (nSPS) is 16.8. The molecule has 1 amide bonds. The highest BCUT2D eigenvalue weighted by atomic mass is 35.5. The van der Waals surface area contributed by atoms with Gasteiger partial charge in [-0.15, -0.1) is 12.4 Å². The standard InChI is InChI=1S/C18H25F3N2O.ClH/c1-22-11-6-12-23-16(24)17(9-3-2-4-10-17)14-7-5-8-15(13-14)18(19,20)21;/h5,7-8,13,22H,2-4,6,9-12H2,1H3,(H,23,24);1H. The molecule has 1 aromatic rings. The van der Waals surface area contributed by atoms with Gasteiger partial charge < -0.3 is 10.6 Å². The summed E-state index contributed by atoms with van der Waals surface area (Å²) in [5, 5.41) is 5.93. The van der Waals surface area contributed by atoms with Crippen LogP contribution in [0.4, 0.5) is 13.2 Å². The highest BCUT2D eigenvalue weighted by Crippen LogP contribution is 2.41. The molecule has 142 valence electrons. The second-order valence-electron chi connectivity index (χ2n) is 6.43. The Kier molecular flexibility index (Phi) is 8.22. The van der Waals surface area contributed by atoms with Crippen molar-refractivity contribution in [2.75, 3.05) is 20.1 Å². The van der Waals surface area contributed by atoms with Gasteiger partial charge in [-0.25, -0.2) is 0 Å². The van der Waals surface area contributed by atoms with Crippen molar-refractivity contribution in [2.24, 2.45) is 0 Å². The van der Waals surface area contributed by atoms with Crippen LogP contribution in [0.25, 0.3) is 0 Å². The van der Waals surface area contributed by atoms with E-state index < -0.39 is 17.2 Å². The van der Waals surface area contributed by atoms with E-state index >= 15 is 0 Å². The van der Waals surface area contributed by atoms with Crippen molar-refractivity contribution in [3.8, 4) is 0 Å². The number of carbonyl (C=O) groups is 1. The van der Waals surface area contributed by atoms with Crippen molar-refractivity contribution in [3.63, 3.8) is 0 Å². The summed E-state index contributed by atoms with van der Waals surface area (Å²) in [6, 6.07) is 5.28. The second-order valence-corrected chi connectivity index (χ2v) is 6.43. The van der Waals surface area contributed by atoms with Crippen LogP contribution in [0.2, 0.25) is 0 Å². The Bertz CT molecular complexity index is 557. The second kappa shape index (κ2) is 9.43. The van der Waals surface area contributed by atoms with Gasteiger partial charge in [-0.1, -0.05) is 37.5 Å². The van der Waals surface area contributed by atoms with Crippen molar-refractivity contribution in [3.05, 3.63) is 35.4 Å². The Hall–Kier alpha value is -1.27. The van der Waals surface area contributed by atoms with Crippen molar-refractivity contribution < 1.29 is 18.0 Å². The summed E-state index contributed by atoms with van der Waals surface area (Å²) < 4.78 is 39.1. The number of benzene rings is 1. The molecule has 0 aliphatic heterocycles. The van der Waals surface area contributed by atoms with Crippen LogP contribution in [0.1, 0.15) is 49.7 Å². The van der Waals surface area contributed by atoms with Gasteiger partial charge in [-0.05, 0) is 44.5 Å². The average Bonchev–Trinajstić information content (AvgIpc) is 2.58. The van der Waals surface area contributed by atoms with Crippen molar-refractivity contribution in [2.45, 2.75) is 50.1 Å². The third-order valence-corrected chi connectivity index (χ3v) is 4.77. The maximum atomic E-state index is 13.0. The highest BCUT2D eigenvalue weighted by Gasteiger charge is 2.42. The zero-order valence-corrected chi connectivity index (χ0v) is 15.2.